The summed E-state index contributed by atoms with van der Waals surface area (Å²) in [7, 11) is -3.03. The molecule has 3 heterocycles. The third-order valence-corrected chi connectivity index (χ3v) is 6.22. The Balaban J connectivity index is 1.69. The lowest BCUT2D eigenvalue weighted by molar-refractivity contribution is -0.145. The number of nitrogens with two attached hydrogens (primary N) is 1. The number of aromatic nitrogens is 3. The number of nitrogen functional groups attached to an aromatic ring is 1. The van der Waals surface area contributed by atoms with Crippen LogP contribution in [0.25, 0.3) is 5.52 Å². The van der Waals surface area contributed by atoms with E-state index in [1.807, 2.05) is 6.92 Å². The zero-order valence-electron chi connectivity index (χ0n) is 17.6. The Morgan fingerprint density at radius 3 is 2.94 bits per heavy atom. The molecule has 2 aromatic rings. The predicted octanol–water partition coefficient (Wildman–Crippen LogP) is 0.151. The standard InChI is InChI=1S/C18H27FN5O7P/c1-3-6-29-17(27)10(2)23-32(28)30-8-18(7-19)15(26)13(25)14(31-18)11-4-5-12-16(20)21-9-22-24(11)12/h4-5,9-10,13-15,25-26,32H,3,6-8H2,1-2H3,(H,23,28)(H2,20,21,22)/t10-,13-,14-,15-,18+/m0/s1. The van der Waals surface area contributed by atoms with Crippen LogP contribution in [0.3, 0.4) is 0 Å². The van der Waals surface area contributed by atoms with Crippen LogP contribution in [0.1, 0.15) is 32.1 Å². The van der Waals surface area contributed by atoms with Gasteiger partial charge in [0.2, 0.25) is 0 Å². The number of alkyl halides is 1. The number of hydrogen-bond acceptors (Lipinski definition) is 10. The summed E-state index contributed by atoms with van der Waals surface area (Å²) in [6, 6.07) is 2.24. The van der Waals surface area contributed by atoms with Crippen LogP contribution in [-0.2, 0) is 23.4 Å². The van der Waals surface area contributed by atoms with Gasteiger partial charge in [-0.3, -0.25) is 9.36 Å². The van der Waals surface area contributed by atoms with Crippen LogP contribution in [0, 0.1) is 0 Å². The van der Waals surface area contributed by atoms with Gasteiger partial charge in [-0.1, -0.05) is 6.92 Å². The van der Waals surface area contributed by atoms with E-state index in [1.54, 1.807) is 12.1 Å². The Kier molecular flexibility index (Phi) is 7.80. The van der Waals surface area contributed by atoms with Gasteiger partial charge in [0.15, 0.2) is 5.82 Å². The minimum Gasteiger partial charge on any atom is -0.465 e. The number of halogens is 1. The first-order valence-electron chi connectivity index (χ1n) is 10.0. The van der Waals surface area contributed by atoms with Gasteiger partial charge in [-0.15, -0.1) is 0 Å². The van der Waals surface area contributed by atoms with E-state index in [0.29, 0.717) is 17.6 Å². The molecule has 6 atom stereocenters. The maximum absolute atomic E-state index is 14.0. The van der Waals surface area contributed by atoms with E-state index in [1.165, 1.54) is 17.8 Å². The van der Waals surface area contributed by atoms with Crippen molar-refractivity contribution in [1.29, 1.82) is 0 Å². The van der Waals surface area contributed by atoms with Crippen LogP contribution in [0.2, 0.25) is 0 Å². The number of anilines is 1. The minimum atomic E-state index is -3.03. The van der Waals surface area contributed by atoms with Crippen LogP contribution < -0.4 is 10.8 Å². The zero-order valence-corrected chi connectivity index (χ0v) is 18.6. The zero-order chi connectivity index (χ0) is 23.5. The molecule has 14 heteroatoms. The van der Waals surface area contributed by atoms with Gasteiger partial charge in [0.05, 0.1) is 18.9 Å². The second-order valence-corrected chi connectivity index (χ2v) is 8.63. The van der Waals surface area contributed by atoms with Gasteiger partial charge in [0.25, 0.3) is 8.18 Å². The number of esters is 1. The molecule has 1 unspecified atom stereocenters. The minimum absolute atomic E-state index is 0.190. The number of hydrogen-bond donors (Lipinski definition) is 4. The van der Waals surface area contributed by atoms with Crippen LogP contribution in [-0.4, -0.2) is 74.5 Å². The topological polar surface area (TPSA) is 171 Å². The molecule has 0 spiro atoms. The van der Waals surface area contributed by atoms with Crippen LogP contribution in [0.15, 0.2) is 18.5 Å². The molecule has 1 fully saturated rings. The lowest BCUT2D eigenvalue weighted by atomic mass is 9.96. The van der Waals surface area contributed by atoms with Gasteiger partial charge in [-0.2, -0.15) is 5.10 Å². The molecule has 0 amide bonds. The fraction of sp³-hybridized carbons (Fsp3) is 0.611. The number of carbonyl (C=O) groups is 1. The second-order valence-electron chi connectivity index (χ2n) is 7.48. The SMILES string of the molecule is CCCOC(=O)[C@H](C)N[PH](=O)OC[C@@]1(CF)O[C@@H](c2ccc3c(N)ncnn23)[C@H](O)[C@@H]1O. The van der Waals surface area contributed by atoms with Gasteiger partial charge in [-0.05, 0) is 25.5 Å². The smallest absolute Gasteiger partial charge is 0.323 e. The number of nitrogens with one attached hydrogen (secondary N) is 1. The van der Waals surface area contributed by atoms with Crippen molar-refractivity contribution in [2.24, 2.45) is 0 Å². The highest BCUT2D eigenvalue weighted by atomic mass is 31.1. The summed E-state index contributed by atoms with van der Waals surface area (Å²) in [5.74, 6) is -0.418. The van der Waals surface area contributed by atoms with Crippen LogP contribution >= 0.6 is 8.18 Å². The average Bonchev–Trinajstić information content (AvgIpc) is 3.31. The summed E-state index contributed by atoms with van der Waals surface area (Å²) in [6.07, 6.45) is -2.54. The summed E-state index contributed by atoms with van der Waals surface area (Å²) in [5.41, 5.74) is 4.58. The van der Waals surface area contributed by atoms with Crippen molar-refractivity contribution < 1.29 is 38.0 Å². The molecule has 1 aliphatic heterocycles. The molecule has 32 heavy (non-hydrogen) atoms. The largest absolute Gasteiger partial charge is 0.465 e. The quantitative estimate of drug-likeness (QED) is 0.272. The normalized spacial score (nSPS) is 27.5. The monoisotopic (exact) mass is 475 g/mol. The van der Waals surface area contributed by atoms with Crippen molar-refractivity contribution in [2.45, 2.75) is 50.2 Å². The highest BCUT2D eigenvalue weighted by molar-refractivity contribution is 7.36. The van der Waals surface area contributed by atoms with E-state index in [2.05, 4.69) is 15.2 Å². The van der Waals surface area contributed by atoms with Gasteiger partial charge < -0.3 is 29.9 Å². The molecule has 12 nitrogen and oxygen atoms in total. The van der Waals surface area contributed by atoms with Crippen LogP contribution in [0.4, 0.5) is 10.2 Å². The fourth-order valence-electron chi connectivity index (χ4n) is 3.35. The summed E-state index contributed by atoms with van der Waals surface area (Å²) in [6.45, 7) is 1.63. The number of ether oxygens (including phenoxy) is 2. The highest BCUT2D eigenvalue weighted by Crippen LogP contribution is 2.42. The third-order valence-electron chi connectivity index (χ3n) is 5.15. The maximum Gasteiger partial charge on any atom is 0.323 e. The van der Waals surface area contributed by atoms with Crippen molar-refractivity contribution in [3.63, 3.8) is 0 Å². The van der Waals surface area contributed by atoms with E-state index in [0.717, 1.165) is 0 Å². The molecule has 178 valence electrons. The molecule has 1 aliphatic rings. The molecular formula is C18H27FN5O7P. The Morgan fingerprint density at radius 2 is 2.25 bits per heavy atom. The maximum atomic E-state index is 14.0. The lowest BCUT2D eigenvalue weighted by Gasteiger charge is -2.28. The summed E-state index contributed by atoms with van der Waals surface area (Å²) in [4.78, 5) is 15.6. The third kappa shape index (κ3) is 4.77. The summed E-state index contributed by atoms with van der Waals surface area (Å²) in [5, 5.41) is 27.6. The number of carbonyl (C=O) groups excluding carboxylic acids is 1. The Bertz CT molecular complexity index is 978. The Labute approximate surface area is 183 Å². The number of rotatable bonds is 10. The molecule has 2 aromatic heterocycles. The molecule has 5 N–H and O–H groups in total. The van der Waals surface area contributed by atoms with E-state index >= 15 is 0 Å². The lowest BCUT2D eigenvalue weighted by Crippen LogP contribution is -2.48. The Hall–Kier alpha value is -2.15. The average molecular weight is 475 g/mol. The second kappa shape index (κ2) is 10.2. The van der Waals surface area contributed by atoms with Crippen molar-refractivity contribution in [2.75, 3.05) is 25.6 Å². The predicted molar refractivity (Wildman–Crippen MR) is 111 cm³/mol. The number of nitrogens with zero attached hydrogens (tertiary/aromatic N) is 3. The highest BCUT2D eigenvalue weighted by Gasteiger charge is 2.56. The van der Waals surface area contributed by atoms with Crippen molar-refractivity contribution >= 4 is 25.5 Å². The molecule has 0 aromatic carbocycles. The van der Waals surface area contributed by atoms with E-state index in [-0.39, 0.29) is 12.4 Å². The molecule has 0 saturated carbocycles. The Morgan fingerprint density at radius 1 is 1.50 bits per heavy atom. The van der Waals surface area contributed by atoms with E-state index in [9.17, 15) is 24.0 Å². The number of fused-ring (bicyclic) bond motifs is 1. The van der Waals surface area contributed by atoms with Gasteiger partial charge >= 0.3 is 5.97 Å². The van der Waals surface area contributed by atoms with E-state index in [4.69, 9.17) is 19.7 Å². The molecular weight excluding hydrogens is 448 g/mol. The molecule has 1 saturated heterocycles. The fourth-order valence-corrected chi connectivity index (χ4v) is 4.28. The summed E-state index contributed by atoms with van der Waals surface area (Å²) >= 11 is 0. The first-order chi connectivity index (χ1) is 15.2. The first kappa shape index (κ1) is 24.5. The summed E-state index contributed by atoms with van der Waals surface area (Å²) < 4.78 is 43.5. The molecule has 0 radical (unpaired) electrons. The van der Waals surface area contributed by atoms with Gasteiger partial charge in [-0.25, -0.2) is 19.0 Å². The van der Waals surface area contributed by atoms with Gasteiger partial charge in [0, 0.05) is 0 Å². The number of aliphatic hydroxyl groups excluding tert-OH is 2. The van der Waals surface area contributed by atoms with Crippen molar-refractivity contribution in [1.82, 2.24) is 19.7 Å². The first-order valence-corrected chi connectivity index (χ1v) is 11.3. The van der Waals surface area contributed by atoms with Crippen molar-refractivity contribution in [3.05, 3.63) is 24.2 Å². The molecule has 3 rings (SSSR count). The van der Waals surface area contributed by atoms with Crippen molar-refractivity contribution in [3.8, 4) is 0 Å². The molecule has 0 bridgehead atoms. The molecule has 0 aliphatic carbocycles. The van der Waals surface area contributed by atoms with Crippen LogP contribution in [0.5, 0.6) is 0 Å². The van der Waals surface area contributed by atoms with E-state index < -0.39 is 57.4 Å². The number of aliphatic hydroxyl groups is 2. The van der Waals surface area contributed by atoms with Gasteiger partial charge in [0.1, 0.15) is 48.5 Å².